The van der Waals surface area contributed by atoms with Gasteiger partial charge in [0.2, 0.25) is 0 Å². The monoisotopic (exact) mass is 273 g/mol. The minimum atomic E-state index is 0.464. The van der Waals surface area contributed by atoms with E-state index >= 15 is 0 Å². The summed E-state index contributed by atoms with van der Waals surface area (Å²) in [5.74, 6) is 0.464. The van der Waals surface area contributed by atoms with Crippen molar-refractivity contribution in [1.82, 2.24) is 9.80 Å². The van der Waals surface area contributed by atoms with E-state index in [1.165, 1.54) is 38.0 Å². The van der Waals surface area contributed by atoms with Crippen molar-refractivity contribution in [3.8, 4) is 0 Å². The van der Waals surface area contributed by atoms with Gasteiger partial charge in [-0.05, 0) is 31.9 Å². The molecule has 3 nitrogen and oxygen atoms in total. The first kappa shape index (κ1) is 14.1. The molecule has 110 valence electrons. The van der Waals surface area contributed by atoms with E-state index in [0.717, 1.165) is 19.1 Å². The lowest BCUT2D eigenvalue weighted by atomic mass is 9.97. The highest BCUT2D eigenvalue weighted by Gasteiger charge is 2.34. The second-order valence-corrected chi connectivity index (χ2v) is 6.44. The van der Waals surface area contributed by atoms with Crippen LogP contribution in [0.5, 0.6) is 0 Å². The Labute approximate surface area is 122 Å². The molecule has 3 rings (SSSR count). The second-order valence-electron chi connectivity index (χ2n) is 6.44. The highest BCUT2D eigenvalue weighted by atomic mass is 15.3. The van der Waals surface area contributed by atoms with E-state index in [2.05, 4.69) is 47.1 Å². The van der Waals surface area contributed by atoms with Crippen LogP contribution in [0.25, 0.3) is 0 Å². The molecular weight excluding hydrogens is 246 g/mol. The summed E-state index contributed by atoms with van der Waals surface area (Å²) < 4.78 is 0. The predicted octanol–water partition coefficient (Wildman–Crippen LogP) is 1.90. The van der Waals surface area contributed by atoms with Gasteiger partial charge in [0.15, 0.2) is 0 Å². The van der Waals surface area contributed by atoms with E-state index < -0.39 is 0 Å². The van der Waals surface area contributed by atoms with Crippen LogP contribution >= 0.6 is 0 Å². The Bertz CT molecular complexity index is 420. The van der Waals surface area contributed by atoms with E-state index in [0.29, 0.717) is 12.0 Å². The number of nitrogens with zero attached hydrogens (tertiary/aromatic N) is 2. The maximum Gasteiger partial charge on any atom is 0.0224 e. The van der Waals surface area contributed by atoms with Gasteiger partial charge in [0.05, 0.1) is 0 Å². The van der Waals surface area contributed by atoms with Crippen molar-refractivity contribution in [2.75, 3.05) is 32.7 Å². The van der Waals surface area contributed by atoms with Crippen molar-refractivity contribution in [2.45, 2.75) is 37.8 Å². The van der Waals surface area contributed by atoms with Crippen molar-refractivity contribution >= 4 is 0 Å². The van der Waals surface area contributed by atoms with Crippen LogP contribution in [-0.2, 0) is 0 Å². The minimum absolute atomic E-state index is 0.464. The highest BCUT2D eigenvalue weighted by molar-refractivity contribution is 5.20. The molecular formula is C17H27N3. The number of hydrogen-bond donors (Lipinski definition) is 1. The Balaban J connectivity index is 1.66. The summed E-state index contributed by atoms with van der Waals surface area (Å²) in [4.78, 5) is 5.35. The SMILES string of the molecule is CC1CN2CCCC2CN1CC(CN)c1ccccc1. The van der Waals surface area contributed by atoms with Crippen molar-refractivity contribution in [2.24, 2.45) is 5.73 Å². The number of fused-ring (bicyclic) bond motifs is 1. The van der Waals surface area contributed by atoms with E-state index in [1.807, 2.05) is 0 Å². The third-order valence-electron chi connectivity index (χ3n) is 5.08. The van der Waals surface area contributed by atoms with Gasteiger partial charge in [-0.15, -0.1) is 0 Å². The van der Waals surface area contributed by atoms with Gasteiger partial charge in [-0.3, -0.25) is 9.80 Å². The Hall–Kier alpha value is -0.900. The van der Waals surface area contributed by atoms with Crippen LogP contribution in [-0.4, -0.2) is 54.6 Å². The molecule has 2 aliphatic rings. The number of benzene rings is 1. The lowest BCUT2D eigenvalue weighted by molar-refractivity contribution is 0.0555. The summed E-state index contributed by atoms with van der Waals surface area (Å²) in [7, 11) is 0. The Morgan fingerprint density at radius 2 is 2.05 bits per heavy atom. The number of rotatable bonds is 4. The molecule has 0 bridgehead atoms. The number of hydrogen-bond acceptors (Lipinski definition) is 3. The van der Waals surface area contributed by atoms with Crippen LogP contribution in [0.3, 0.4) is 0 Å². The van der Waals surface area contributed by atoms with Gasteiger partial charge in [-0.2, -0.15) is 0 Å². The average Bonchev–Trinajstić information content (AvgIpc) is 2.92. The van der Waals surface area contributed by atoms with Crippen molar-refractivity contribution in [3.63, 3.8) is 0 Å². The second kappa shape index (κ2) is 6.25. The minimum Gasteiger partial charge on any atom is -0.330 e. The summed E-state index contributed by atoms with van der Waals surface area (Å²) in [5, 5.41) is 0. The van der Waals surface area contributed by atoms with Crippen LogP contribution in [0.2, 0.25) is 0 Å². The van der Waals surface area contributed by atoms with E-state index in [4.69, 9.17) is 5.73 Å². The summed E-state index contributed by atoms with van der Waals surface area (Å²) >= 11 is 0. The van der Waals surface area contributed by atoms with Gasteiger partial charge in [0, 0.05) is 44.2 Å². The highest BCUT2D eigenvalue weighted by Crippen LogP contribution is 2.26. The number of nitrogens with two attached hydrogens (primary N) is 1. The zero-order valence-corrected chi connectivity index (χ0v) is 12.5. The molecule has 0 saturated carbocycles. The maximum absolute atomic E-state index is 6.04. The van der Waals surface area contributed by atoms with Gasteiger partial charge in [0.25, 0.3) is 0 Å². The normalized spacial score (nSPS) is 29.3. The van der Waals surface area contributed by atoms with Crippen molar-refractivity contribution < 1.29 is 0 Å². The molecule has 3 heteroatoms. The molecule has 0 amide bonds. The zero-order chi connectivity index (χ0) is 13.9. The summed E-state index contributed by atoms with van der Waals surface area (Å²) in [5.41, 5.74) is 7.42. The zero-order valence-electron chi connectivity index (χ0n) is 12.5. The molecule has 0 spiro atoms. The van der Waals surface area contributed by atoms with Gasteiger partial charge < -0.3 is 5.73 Å². The van der Waals surface area contributed by atoms with Crippen LogP contribution < -0.4 is 5.73 Å². The average molecular weight is 273 g/mol. The number of piperazine rings is 1. The van der Waals surface area contributed by atoms with Crippen molar-refractivity contribution in [3.05, 3.63) is 35.9 Å². The lowest BCUT2D eigenvalue weighted by Crippen LogP contribution is -2.55. The van der Waals surface area contributed by atoms with Gasteiger partial charge in [0.1, 0.15) is 0 Å². The molecule has 2 saturated heterocycles. The first-order chi connectivity index (χ1) is 9.78. The Morgan fingerprint density at radius 1 is 1.25 bits per heavy atom. The fourth-order valence-electron chi connectivity index (χ4n) is 3.83. The van der Waals surface area contributed by atoms with Gasteiger partial charge in [-0.25, -0.2) is 0 Å². The topological polar surface area (TPSA) is 32.5 Å². The van der Waals surface area contributed by atoms with E-state index in [9.17, 15) is 0 Å². The van der Waals surface area contributed by atoms with Gasteiger partial charge >= 0.3 is 0 Å². The summed E-state index contributed by atoms with van der Waals surface area (Å²) in [6.45, 7) is 7.98. The van der Waals surface area contributed by atoms with Crippen LogP contribution in [0.15, 0.2) is 30.3 Å². The third kappa shape index (κ3) is 2.90. The predicted molar refractivity (Wildman–Crippen MR) is 83.9 cm³/mol. The molecule has 20 heavy (non-hydrogen) atoms. The molecule has 2 heterocycles. The lowest BCUT2D eigenvalue weighted by Gasteiger charge is -2.43. The Morgan fingerprint density at radius 3 is 2.80 bits per heavy atom. The van der Waals surface area contributed by atoms with Gasteiger partial charge in [-0.1, -0.05) is 30.3 Å². The molecule has 2 aliphatic heterocycles. The molecule has 0 aromatic heterocycles. The molecule has 0 aliphatic carbocycles. The molecule has 3 unspecified atom stereocenters. The smallest absolute Gasteiger partial charge is 0.0224 e. The standard InChI is InChI=1S/C17H27N3/c1-14-11-19-9-5-8-17(19)13-20(14)12-16(10-18)15-6-3-2-4-7-15/h2-4,6-7,14,16-17H,5,8-13,18H2,1H3. The molecule has 2 N–H and O–H groups in total. The Kier molecular flexibility index (Phi) is 4.39. The third-order valence-corrected chi connectivity index (χ3v) is 5.08. The summed E-state index contributed by atoms with van der Waals surface area (Å²) in [6, 6.07) is 12.2. The molecule has 0 radical (unpaired) electrons. The molecule has 3 atom stereocenters. The summed E-state index contributed by atoms with van der Waals surface area (Å²) in [6.07, 6.45) is 2.76. The first-order valence-electron chi connectivity index (χ1n) is 8.01. The maximum atomic E-state index is 6.04. The van der Waals surface area contributed by atoms with Crippen LogP contribution in [0.4, 0.5) is 0 Å². The quantitative estimate of drug-likeness (QED) is 0.909. The molecule has 1 aromatic rings. The fourth-order valence-corrected chi connectivity index (χ4v) is 3.83. The fraction of sp³-hybridized carbons (Fsp3) is 0.647. The largest absolute Gasteiger partial charge is 0.330 e. The molecule has 1 aromatic carbocycles. The van der Waals surface area contributed by atoms with E-state index in [-0.39, 0.29) is 0 Å². The van der Waals surface area contributed by atoms with Crippen molar-refractivity contribution in [1.29, 1.82) is 0 Å². The van der Waals surface area contributed by atoms with Crippen LogP contribution in [0, 0.1) is 0 Å². The first-order valence-corrected chi connectivity index (χ1v) is 8.01. The van der Waals surface area contributed by atoms with Crippen LogP contribution in [0.1, 0.15) is 31.2 Å². The van der Waals surface area contributed by atoms with E-state index in [1.54, 1.807) is 0 Å². The molecule has 2 fully saturated rings.